The van der Waals surface area contributed by atoms with E-state index in [0.29, 0.717) is 18.2 Å². The van der Waals surface area contributed by atoms with Gasteiger partial charge in [0.15, 0.2) is 0 Å². The van der Waals surface area contributed by atoms with Crippen LogP contribution in [0.25, 0.3) is 0 Å². The van der Waals surface area contributed by atoms with Gasteiger partial charge in [-0.05, 0) is 25.1 Å². The number of halogens is 5. The molecule has 1 aromatic carbocycles. The van der Waals surface area contributed by atoms with Crippen molar-refractivity contribution in [3.05, 3.63) is 35.1 Å². The molecule has 0 spiro atoms. The molecule has 0 aliphatic rings. The molecule has 1 rings (SSSR count). The van der Waals surface area contributed by atoms with Crippen LogP contribution in [0.4, 0.5) is 17.6 Å². The number of alkyl halides is 4. The van der Waals surface area contributed by atoms with Crippen LogP contribution in [0.2, 0.25) is 0 Å². The van der Waals surface area contributed by atoms with Gasteiger partial charge >= 0.3 is 6.18 Å². The fourth-order valence-electron chi connectivity index (χ4n) is 1.19. The zero-order valence-electron chi connectivity index (χ0n) is 8.22. The zero-order chi connectivity index (χ0) is 12.5. The molecule has 0 heterocycles. The molecule has 2 atom stereocenters. The number of aliphatic hydroxyl groups is 1. The Balaban J connectivity index is 3.19. The van der Waals surface area contributed by atoms with Crippen molar-refractivity contribution in [2.75, 3.05) is 0 Å². The molecule has 0 radical (unpaired) electrons. The molecule has 0 saturated heterocycles. The number of benzene rings is 1. The Labute approximate surface area is 94.7 Å². The molecule has 90 valence electrons. The minimum atomic E-state index is -4.56. The highest BCUT2D eigenvalue weighted by Gasteiger charge is 2.32. The van der Waals surface area contributed by atoms with E-state index in [1.54, 1.807) is 0 Å². The lowest BCUT2D eigenvalue weighted by atomic mass is 10.0. The first-order valence-electron chi connectivity index (χ1n) is 4.42. The minimum absolute atomic E-state index is 0.355. The largest absolute Gasteiger partial charge is 0.416 e. The molecule has 0 bridgehead atoms. The number of hydrogen-bond acceptors (Lipinski definition) is 1. The molecule has 1 aromatic rings. The van der Waals surface area contributed by atoms with Crippen LogP contribution in [0, 0.1) is 5.82 Å². The van der Waals surface area contributed by atoms with Gasteiger partial charge in [-0.15, -0.1) is 11.6 Å². The summed E-state index contributed by atoms with van der Waals surface area (Å²) >= 11 is 5.61. The topological polar surface area (TPSA) is 20.2 Å². The molecule has 1 N–H and O–H groups in total. The number of hydrogen-bond donors (Lipinski definition) is 1. The average Bonchev–Trinajstić information content (AvgIpc) is 2.15. The Hall–Kier alpha value is -0.810. The highest BCUT2D eigenvalue weighted by Crippen LogP contribution is 2.34. The van der Waals surface area contributed by atoms with Crippen LogP contribution in [0.15, 0.2) is 18.2 Å². The smallest absolute Gasteiger partial charge is 0.392 e. The summed E-state index contributed by atoms with van der Waals surface area (Å²) in [5, 5.41) is 7.91. The predicted molar refractivity (Wildman–Crippen MR) is 51.7 cm³/mol. The summed E-state index contributed by atoms with van der Waals surface area (Å²) in [6, 6.07) is 1.93. The van der Waals surface area contributed by atoms with E-state index in [4.69, 9.17) is 16.7 Å². The summed E-state index contributed by atoms with van der Waals surface area (Å²) in [4.78, 5) is 0. The molecular formula is C10H9ClF4O. The van der Waals surface area contributed by atoms with Gasteiger partial charge in [0.05, 0.1) is 17.0 Å². The molecule has 2 unspecified atom stereocenters. The average molecular weight is 257 g/mol. The van der Waals surface area contributed by atoms with Crippen molar-refractivity contribution in [3.63, 3.8) is 0 Å². The summed E-state index contributed by atoms with van der Waals surface area (Å²) in [5.74, 6) is -0.867. The summed E-state index contributed by atoms with van der Waals surface area (Å²) in [7, 11) is 0. The number of rotatable bonds is 2. The van der Waals surface area contributed by atoms with E-state index in [1.807, 2.05) is 0 Å². The van der Waals surface area contributed by atoms with Gasteiger partial charge in [0.25, 0.3) is 0 Å². The van der Waals surface area contributed by atoms with Crippen molar-refractivity contribution in [1.82, 2.24) is 0 Å². The lowest BCUT2D eigenvalue weighted by Crippen LogP contribution is -2.13. The Morgan fingerprint density at radius 1 is 1.31 bits per heavy atom. The van der Waals surface area contributed by atoms with Crippen LogP contribution >= 0.6 is 11.6 Å². The van der Waals surface area contributed by atoms with E-state index in [1.165, 1.54) is 6.92 Å². The lowest BCUT2D eigenvalue weighted by molar-refractivity contribution is -0.137. The van der Waals surface area contributed by atoms with Crippen molar-refractivity contribution in [3.8, 4) is 0 Å². The molecule has 0 fully saturated rings. The molecular weight excluding hydrogens is 248 g/mol. The summed E-state index contributed by atoms with van der Waals surface area (Å²) in [6.45, 7) is 1.28. The van der Waals surface area contributed by atoms with Gasteiger partial charge in [-0.2, -0.15) is 13.2 Å². The monoisotopic (exact) mass is 256 g/mol. The van der Waals surface area contributed by atoms with E-state index in [-0.39, 0.29) is 5.56 Å². The second-order valence-electron chi connectivity index (χ2n) is 3.38. The second-order valence-corrected chi connectivity index (χ2v) is 3.85. The Bertz CT molecular complexity index is 376. The van der Waals surface area contributed by atoms with E-state index in [9.17, 15) is 17.6 Å². The van der Waals surface area contributed by atoms with Gasteiger partial charge in [-0.1, -0.05) is 0 Å². The molecule has 6 heteroatoms. The third-order valence-electron chi connectivity index (χ3n) is 2.04. The van der Waals surface area contributed by atoms with Crippen LogP contribution in [0.3, 0.4) is 0 Å². The standard InChI is InChI=1S/C10H9ClF4O/c1-5(16)9(11)7-4-6(10(13,14)15)2-3-8(7)12/h2-5,9,16H,1H3. The van der Waals surface area contributed by atoms with E-state index in [2.05, 4.69) is 0 Å². The number of aliphatic hydroxyl groups excluding tert-OH is 1. The molecule has 0 aliphatic carbocycles. The van der Waals surface area contributed by atoms with Crippen LogP contribution in [-0.4, -0.2) is 11.2 Å². The van der Waals surface area contributed by atoms with Gasteiger partial charge in [0.1, 0.15) is 5.82 Å². The van der Waals surface area contributed by atoms with E-state index < -0.39 is 29.0 Å². The first-order chi connectivity index (χ1) is 7.23. The summed E-state index contributed by atoms with van der Waals surface area (Å²) in [5.41, 5.74) is -1.35. The molecule has 0 aromatic heterocycles. The van der Waals surface area contributed by atoms with E-state index >= 15 is 0 Å². The summed E-state index contributed by atoms with van der Waals surface area (Å²) in [6.07, 6.45) is -5.70. The van der Waals surface area contributed by atoms with Crippen LogP contribution in [0.5, 0.6) is 0 Å². The van der Waals surface area contributed by atoms with Gasteiger partial charge in [0.2, 0.25) is 0 Å². The fourth-order valence-corrected chi connectivity index (χ4v) is 1.36. The zero-order valence-corrected chi connectivity index (χ0v) is 8.98. The maximum Gasteiger partial charge on any atom is 0.416 e. The molecule has 16 heavy (non-hydrogen) atoms. The summed E-state index contributed by atoms with van der Waals surface area (Å²) < 4.78 is 50.2. The third-order valence-corrected chi connectivity index (χ3v) is 2.64. The van der Waals surface area contributed by atoms with Gasteiger partial charge in [-0.25, -0.2) is 4.39 Å². The van der Waals surface area contributed by atoms with Gasteiger partial charge in [-0.3, -0.25) is 0 Å². The lowest BCUT2D eigenvalue weighted by Gasteiger charge is -2.15. The minimum Gasteiger partial charge on any atom is -0.392 e. The van der Waals surface area contributed by atoms with E-state index in [0.717, 1.165) is 0 Å². The Kier molecular flexibility index (Phi) is 3.80. The van der Waals surface area contributed by atoms with Crippen LogP contribution < -0.4 is 0 Å². The normalized spacial score (nSPS) is 15.9. The SMILES string of the molecule is CC(O)C(Cl)c1cc(C(F)(F)F)ccc1F. The molecule has 0 aliphatic heterocycles. The highest BCUT2D eigenvalue weighted by molar-refractivity contribution is 6.21. The van der Waals surface area contributed by atoms with Gasteiger partial charge in [0, 0.05) is 5.56 Å². The van der Waals surface area contributed by atoms with Crippen molar-refractivity contribution >= 4 is 11.6 Å². The maximum atomic E-state index is 13.2. The molecule has 0 saturated carbocycles. The van der Waals surface area contributed by atoms with Crippen molar-refractivity contribution in [2.45, 2.75) is 24.6 Å². The second kappa shape index (κ2) is 4.59. The predicted octanol–water partition coefficient (Wildman–Crippen LogP) is 3.51. The highest BCUT2D eigenvalue weighted by atomic mass is 35.5. The van der Waals surface area contributed by atoms with Crippen molar-refractivity contribution in [2.24, 2.45) is 0 Å². The van der Waals surface area contributed by atoms with Crippen LogP contribution in [-0.2, 0) is 6.18 Å². The van der Waals surface area contributed by atoms with Gasteiger partial charge < -0.3 is 5.11 Å². The third kappa shape index (κ3) is 2.86. The Morgan fingerprint density at radius 3 is 2.31 bits per heavy atom. The fraction of sp³-hybridized carbons (Fsp3) is 0.400. The van der Waals surface area contributed by atoms with Crippen molar-refractivity contribution < 1.29 is 22.7 Å². The van der Waals surface area contributed by atoms with Crippen molar-refractivity contribution in [1.29, 1.82) is 0 Å². The maximum absolute atomic E-state index is 13.2. The molecule has 1 nitrogen and oxygen atoms in total. The molecule has 0 amide bonds. The first kappa shape index (κ1) is 13.3. The first-order valence-corrected chi connectivity index (χ1v) is 4.86. The quantitative estimate of drug-likeness (QED) is 0.634. The van der Waals surface area contributed by atoms with Crippen LogP contribution in [0.1, 0.15) is 23.4 Å². The Morgan fingerprint density at radius 2 is 1.88 bits per heavy atom.